The van der Waals surface area contributed by atoms with E-state index in [1.807, 2.05) is 0 Å². The van der Waals surface area contributed by atoms with E-state index in [0.29, 0.717) is 22.0 Å². The number of benzene rings is 1. The van der Waals surface area contributed by atoms with Crippen LogP contribution in [0.2, 0.25) is 5.02 Å². The molecule has 0 bridgehead atoms. The Morgan fingerprint density at radius 1 is 1.05 bits per heavy atom. The highest BCUT2D eigenvalue weighted by molar-refractivity contribution is 7.90. The first-order chi connectivity index (χ1) is 8.73. The summed E-state index contributed by atoms with van der Waals surface area (Å²) in [5.41, 5.74) is 2.60. The molecule has 1 aromatic carbocycles. The highest BCUT2D eigenvalue weighted by Crippen LogP contribution is 2.25. The van der Waals surface area contributed by atoms with E-state index in [2.05, 4.69) is 5.10 Å². The third-order valence-electron chi connectivity index (χ3n) is 2.93. The summed E-state index contributed by atoms with van der Waals surface area (Å²) in [5, 5.41) is 4.61. The lowest BCUT2D eigenvalue weighted by Gasteiger charge is -2.11. The Balaban J connectivity index is 2.70. The van der Waals surface area contributed by atoms with E-state index in [9.17, 15) is 8.42 Å². The first kappa shape index (κ1) is 14.1. The van der Waals surface area contributed by atoms with Gasteiger partial charge in [0.2, 0.25) is 0 Å². The maximum absolute atomic E-state index is 12.6. The molecule has 0 spiro atoms. The van der Waals surface area contributed by atoms with Crippen molar-refractivity contribution in [3.05, 3.63) is 45.7 Å². The van der Waals surface area contributed by atoms with Crippen molar-refractivity contribution in [2.45, 2.75) is 32.6 Å². The second kappa shape index (κ2) is 4.65. The average molecular weight is 299 g/mol. The average Bonchev–Trinajstić information content (AvgIpc) is 2.63. The maximum atomic E-state index is 12.6. The standard InChI is InChI=1S/C13H15ClN2O2S/c1-8-6-13(9(2)5-12(8)14)19(17,18)16-11(4)7-10(3)15-16/h5-7H,1-4H3. The van der Waals surface area contributed by atoms with Crippen molar-refractivity contribution in [2.24, 2.45) is 0 Å². The Hall–Kier alpha value is -1.33. The van der Waals surface area contributed by atoms with Gasteiger partial charge in [0.25, 0.3) is 10.0 Å². The second-order valence-electron chi connectivity index (χ2n) is 4.64. The van der Waals surface area contributed by atoms with Crippen LogP contribution in [0, 0.1) is 27.7 Å². The molecular weight excluding hydrogens is 284 g/mol. The van der Waals surface area contributed by atoms with E-state index in [1.165, 1.54) is 0 Å². The minimum absolute atomic E-state index is 0.237. The maximum Gasteiger partial charge on any atom is 0.283 e. The molecule has 0 aliphatic carbocycles. The highest BCUT2D eigenvalue weighted by Gasteiger charge is 2.23. The van der Waals surface area contributed by atoms with Gasteiger partial charge in [0, 0.05) is 5.02 Å². The fraction of sp³-hybridized carbons (Fsp3) is 0.308. The van der Waals surface area contributed by atoms with Crippen LogP contribution in [0.4, 0.5) is 0 Å². The molecule has 4 nitrogen and oxygen atoms in total. The predicted octanol–water partition coefficient (Wildman–Crippen LogP) is 3.01. The van der Waals surface area contributed by atoms with Gasteiger partial charge in [0.1, 0.15) is 0 Å². The Kier molecular flexibility index (Phi) is 3.45. The molecule has 2 rings (SSSR count). The van der Waals surface area contributed by atoms with E-state index in [-0.39, 0.29) is 4.90 Å². The quantitative estimate of drug-likeness (QED) is 0.856. The van der Waals surface area contributed by atoms with Gasteiger partial charge in [-0.3, -0.25) is 0 Å². The van der Waals surface area contributed by atoms with Crippen molar-refractivity contribution in [2.75, 3.05) is 0 Å². The number of nitrogens with zero attached hydrogens (tertiary/aromatic N) is 2. The molecule has 0 unspecified atom stereocenters. The fourth-order valence-corrected chi connectivity index (χ4v) is 3.84. The third-order valence-corrected chi connectivity index (χ3v) is 5.16. The van der Waals surface area contributed by atoms with Gasteiger partial charge in [-0.2, -0.15) is 17.6 Å². The lowest BCUT2D eigenvalue weighted by atomic mass is 10.2. The summed E-state index contributed by atoms with van der Waals surface area (Å²) < 4.78 is 26.3. The van der Waals surface area contributed by atoms with Crippen LogP contribution in [0.15, 0.2) is 23.1 Å². The molecule has 19 heavy (non-hydrogen) atoms. The summed E-state index contributed by atoms with van der Waals surface area (Å²) >= 11 is 6.00. The van der Waals surface area contributed by atoms with Crippen LogP contribution in [-0.2, 0) is 10.0 Å². The van der Waals surface area contributed by atoms with Gasteiger partial charge in [-0.15, -0.1) is 0 Å². The molecule has 1 aromatic heterocycles. The first-order valence-electron chi connectivity index (χ1n) is 5.79. The number of hydrogen-bond donors (Lipinski definition) is 0. The minimum Gasteiger partial charge on any atom is -0.199 e. The Morgan fingerprint density at radius 3 is 2.21 bits per heavy atom. The van der Waals surface area contributed by atoms with E-state index in [0.717, 1.165) is 9.65 Å². The molecule has 6 heteroatoms. The van der Waals surface area contributed by atoms with Gasteiger partial charge in [0.15, 0.2) is 0 Å². The molecule has 0 atom stereocenters. The topological polar surface area (TPSA) is 52.0 Å². The second-order valence-corrected chi connectivity index (χ2v) is 6.79. The molecule has 1 heterocycles. The molecule has 0 N–H and O–H groups in total. The van der Waals surface area contributed by atoms with Crippen molar-refractivity contribution in [1.29, 1.82) is 0 Å². The van der Waals surface area contributed by atoms with Crippen LogP contribution in [0.5, 0.6) is 0 Å². The normalized spacial score (nSPS) is 11.8. The molecule has 0 aliphatic heterocycles. The lowest BCUT2D eigenvalue weighted by Crippen LogP contribution is -2.17. The van der Waals surface area contributed by atoms with Crippen molar-refractivity contribution < 1.29 is 8.42 Å². The lowest BCUT2D eigenvalue weighted by molar-refractivity contribution is 0.577. The van der Waals surface area contributed by atoms with E-state index in [4.69, 9.17) is 11.6 Å². The Labute approximate surface area is 118 Å². The fourth-order valence-electron chi connectivity index (χ4n) is 1.98. The number of halogens is 1. The van der Waals surface area contributed by atoms with Gasteiger partial charge in [-0.25, -0.2) is 0 Å². The molecule has 0 aliphatic rings. The minimum atomic E-state index is -3.67. The molecule has 102 valence electrons. The van der Waals surface area contributed by atoms with Crippen LogP contribution in [0.25, 0.3) is 0 Å². The van der Waals surface area contributed by atoms with Gasteiger partial charge < -0.3 is 0 Å². The zero-order valence-corrected chi connectivity index (χ0v) is 12.8. The van der Waals surface area contributed by atoms with Crippen molar-refractivity contribution >= 4 is 21.6 Å². The van der Waals surface area contributed by atoms with Crippen LogP contribution in [0.1, 0.15) is 22.5 Å². The molecular formula is C13H15ClN2O2S. The largest absolute Gasteiger partial charge is 0.283 e. The zero-order valence-electron chi connectivity index (χ0n) is 11.2. The van der Waals surface area contributed by atoms with Crippen LogP contribution in [-0.4, -0.2) is 17.6 Å². The SMILES string of the molecule is Cc1cc(C)n(S(=O)(=O)c2cc(C)c(Cl)cc2C)n1. The summed E-state index contributed by atoms with van der Waals surface area (Å²) in [6, 6.07) is 4.98. The summed E-state index contributed by atoms with van der Waals surface area (Å²) in [4.78, 5) is 0.237. The molecule has 0 fully saturated rings. The van der Waals surface area contributed by atoms with Gasteiger partial charge in [-0.1, -0.05) is 11.6 Å². The summed E-state index contributed by atoms with van der Waals surface area (Å²) in [6.07, 6.45) is 0. The summed E-state index contributed by atoms with van der Waals surface area (Å²) in [7, 11) is -3.67. The summed E-state index contributed by atoms with van der Waals surface area (Å²) in [5.74, 6) is 0. The Morgan fingerprint density at radius 2 is 1.68 bits per heavy atom. The molecule has 0 radical (unpaired) electrons. The van der Waals surface area contributed by atoms with E-state index in [1.54, 1.807) is 45.9 Å². The van der Waals surface area contributed by atoms with E-state index >= 15 is 0 Å². The number of aromatic nitrogens is 2. The van der Waals surface area contributed by atoms with Crippen LogP contribution >= 0.6 is 11.6 Å². The first-order valence-corrected chi connectivity index (χ1v) is 7.61. The molecule has 0 saturated heterocycles. The zero-order chi connectivity index (χ0) is 14.4. The summed E-state index contributed by atoms with van der Waals surface area (Å²) in [6.45, 7) is 6.99. The van der Waals surface area contributed by atoms with Gasteiger partial charge in [-0.05, 0) is 57.0 Å². The van der Waals surface area contributed by atoms with Crippen molar-refractivity contribution in [3.63, 3.8) is 0 Å². The predicted molar refractivity (Wildman–Crippen MR) is 75.2 cm³/mol. The highest BCUT2D eigenvalue weighted by atomic mass is 35.5. The number of rotatable bonds is 2. The smallest absolute Gasteiger partial charge is 0.199 e. The van der Waals surface area contributed by atoms with Crippen LogP contribution in [0.3, 0.4) is 0 Å². The molecule has 2 aromatic rings. The Bertz CT molecular complexity index is 748. The molecule has 0 amide bonds. The van der Waals surface area contributed by atoms with Crippen molar-refractivity contribution in [3.8, 4) is 0 Å². The van der Waals surface area contributed by atoms with E-state index < -0.39 is 10.0 Å². The third kappa shape index (κ3) is 2.40. The number of aryl methyl sites for hydroxylation is 4. The monoisotopic (exact) mass is 298 g/mol. The van der Waals surface area contributed by atoms with Crippen molar-refractivity contribution in [1.82, 2.24) is 9.19 Å². The van der Waals surface area contributed by atoms with Crippen LogP contribution < -0.4 is 0 Å². The van der Waals surface area contributed by atoms with Gasteiger partial charge in [0.05, 0.1) is 16.3 Å². The van der Waals surface area contributed by atoms with Gasteiger partial charge >= 0.3 is 0 Å². The number of hydrogen-bond acceptors (Lipinski definition) is 3. The molecule has 0 saturated carbocycles.